The van der Waals surface area contributed by atoms with Crippen LogP contribution in [0.1, 0.15) is 5.56 Å². The monoisotopic (exact) mass is 408 g/mol. The molecule has 114 valence electrons. The van der Waals surface area contributed by atoms with Crippen molar-refractivity contribution in [2.75, 3.05) is 47.5 Å². The second-order valence-corrected chi connectivity index (χ2v) is 6.42. The minimum Gasteiger partial charge on any atom is -0.490 e. The summed E-state index contributed by atoms with van der Waals surface area (Å²) in [5.74, 6) is 0.854. The Morgan fingerprint density at radius 3 is 2.35 bits per heavy atom. The first-order valence-corrected chi connectivity index (χ1v) is 8.08. The third kappa shape index (κ3) is 6.54. The summed E-state index contributed by atoms with van der Waals surface area (Å²) < 4.78 is 12.7. The van der Waals surface area contributed by atoms with Crippen LogP contribution in [-0.4, -0.2) is 52.4 Å². The summed E-state index contributed by atoms with van der Waals surface area (Å²) in [7, 11) is 5.76. The minimum atomic E-state index is 0.662. The highest BCUT2D eigenvalue weighted by atomic mass is 79.9. The zero-order valence-corrected chi connectivity index (χ0v) is 15.4. The molecule has 0 bridgehead atoms. The number of methoxy groups -OCH3 is 1. The molecular formula is C14H22Br2N2O2. The van der Waals surface area contributed by atoms with E-state index in [1.807, 2.05) is 14.1 Å². The number of halogens is 2. The van der Waals surface area contributed by atoms with Crippen molar-refractivity contribution in [3.8, 4) is 5.75 Å². The molecule has 0 aromatic heterocycles. The molecule has 4 nitrogen and oxygen atoms in total. The van der Waals surface area contributed by atoms with Crippen molar-refractivity contribution in [2.45, 2.75) is 6.54 Å². The molecule has 1 aromatic carbocycles. The van der Waals surface area contributed by atoms with Gasteiger partial charge in [0.15, 0.2) is 0 Å². The summed E-state index contributed by atoms with van der Waals surface area (Å²) in [6.45, 7) is 3.91. The van der Waals surface area contributed by atoms with Crippen molar-refractivity contribution >= 4 is 31.9 Å². The van der Waals surface area contributed by atoms with E-state index in [9.17, 15) is 0 Å². The molecule has 1 aromatic rings. The number of ether oxygens (including phenoxy) is 2. The summed E-state index contributed by atoms with van der Waals surface area (Å²) >= 11 is 7.13. The number of rotatable bonds is 9. The quantitative estimate of drug-likeness (QED) is 0.636. The van der Waals surface area contributed by atoms with Crippen molar-refractivity contribution in [1.29, 1.82) is 0 Å². The van der Waals surface area contributed by atoms with Crippen LogP contribution >= 0.6 is 31.9 Å². The molecule has 0 radical (unpaired) electrons. The predicted molar refractivity (Wildman–Crippen MR) is 89.5 cm³/mol. The molecule has 6 heteroatoms. The van der Waals surface area contributed by atoms with E-state index < -0.39 is 0 Å². The van der Waals surface area contributed by atoms with Crippen LogP contribution < -0.4 is 10.1 Å². The Bertz CT molecular complexity index is 391. The fourth-order valence-corrected chi connectivity index (χ4v) is 3.10. The largest absolute Gasteiger partial charge is 0.490 e. The van der Waals surface area contributed by atoms with E-state index in [-0.39, 0.29) is 0 Å². The van der Waals surface area contributed by atoms with Gasteiger partial charge in [-0.1, -0.05) is 0 Å². The van der Waals surface area contributed by atoms with Gasteiger partial charge in [-0.25, -0.2) is 0 Å². The lowest BCUT2D eigenvalue weighted by molar-refractivity contribution is 0.199. The van der Waals surface area contributed by atoms with E-state index in [2.05, 4.69) is 54.2 Å². The van der Waals surface area contributed by atoms with Crippen LogP contribution in [0, 0.1) is 0 Å². The standard InChI is InChI=1S/C14H22Br2N2O2/c1-18(2)5-7-20-14-12(15)8-11(9-13(14)16)10-17-4-6-19-3/h8-9,17H,4-7,10H2,1-3H3. The van der Waals surface area contributed by atoms with Crippen LogP contribution in [0.4, 0.5) is 0 Å². The molecule has 0 saturated carbocycles. The van der Waals surface area contributed by atoms with Gasteiger partial charge < -0.3 is 19.7 Å². The van der Waals surface area contributed by atoms with Crippen LogP contribution in [-0.2, 0) is 11.3 Å². The molecular weight excluding hydrogens is 388 g/mol. The van der Waals surface area contributed by atoms with Gasteiger partial charge in [0.25, 0.3) is 0 Å². The third-order valence-corrected chi connectivity index (χ3v) is 3.83. The molecule has 20 heavy (non-hydrogen) atoms. The first-order chi connectivity index (χ1) is 9.54. The van der Waals surface area contributed by atoms with Crippen molar-refractivity contribution in [1.82, 2.24) is 10.2 Å². The van der Waals surface area contributed by atoms with Gasteiger partial charge in [-0.2, -0.15) is 0 Å². The van der Waals surface area contributed by atoms with Gasteiger partial charge in [0.1, 0.15) is 12.4 Å². The Balaban J connectivity index is 2.57. The highest BCUT2D eigenvalue weighted by Gasteiger charge is 2.09. The Kier molecular flexibility index (Phi) is 8.72. The highest BCUT2D eigenvalue weighted by Crippen LogP contribution is 2.34. The van der Waals surface area contributed by atoms with Gasteiger partial charge in [0.05, 0.1) is 15.6 Å². The fraction of sp³-hybridized carbons (Fsp3) is 0.571. The molecule has 0 unspecified atom stereocenters. The Labute approximate surface area is 138 Å². The second-order valence-electron chi connectivity index (χ2n) is 4.71. The maximum Gasteiger partial charge on any atom is 0.147 e. The van der Waals surface area contributed by atoms with Gasteiger partial charge >= 0.3 is 0 Å². The number of hydrogen-bond donors (Lipinski definition) is 1. The smallest absolute Gasteiger partial charge is 0.147 e. The van der Waals surface area contributed by atoms with Crippen LogP contribution in [0.15, 0.2) is 21.1 Å². The zero-order valence-electron chi connectivity index (χ0n) is 12.2. The molecule has 1 rings (SSSR count). The van der Waals surface area contributed by atoms with E-state index in [0.29, 0.717) is 13.2 Å². The summed E-state index contributed by atoms with van der Waals surface area (Å²) in [4.78, 5) is 2.09. The van der Waals surface area contributed by atoms with Crippen molar-refractivity contribution < 1.29 is 9.47 Å². The van der Waals surface area contributed by atoms with Crippen LogP contribution in [0.5, 0.6) is 5.75 Å². The average molecular weight is 410 g/mol. The van der Waals surface area contributed by atoms with E-state index in [1.54, 1.807) is 7.11 Å². The summed E-state index contributed by atoms with van der Waals surface area (Å²) in [6, 6.07) is 4.16. The predicted octanol–water partition coefficient (Wildman–Crippen LogP) is 2.89. The molecule has 0 aliphatic carbocycles. The van der Waals surface area contributed by atoms with Gasteiger partial charge in [-0.15, -0.1) is 0 Å². The van der Waals surface area contributed by atoms with Crippen LogP contribution in [0.2, 0.25) is 0 Å². The van der Waals surface area contributed by atoms with Gasteiger partial charge in [-0.05, 0) is 63.7 Å². The minimum absolute atomic E-state index is 0.662. The van der Waals surface area contributed by atoms with Crippen molar-refractivity contribution in [2.24, 2.45) is 0 Å². The third-order valence-electron chi connectivity index (χ3n) is 2.66. The molecule has 0 saturated heterocycles. The van der Waals surface area contributed by atoms with Crippen molar-refractivity contribution in [3.63, 3.8) is 0 Å². The van der Waals surface area contributed by atoms with Crippen LogP contribution in [0.3, 0.4) is 0 Å². The molecule has 0 amide bonds. The lowest BCUT2D eigenvalue weighted by Crippen LogP contribution is -2.20. The van der Waals surface area contributed by atoms with E-state index in [0.717, 1.165) is 34.3 Å². The number of nitrogens with zero attached hydrogens (tertiary/aromatic N) is 1. The topological polar surface area (TPSA) is 33.7 Å². The molecule has 0 aliphatic heterocycles. The molecule has 0 atom stereocenters. The van der Waals surface area contributed by atoms with E-state index in [1.165, 1.54) is 5.56 Å². The number of likely N-dealkylation sites (N-methyl/N-ethyl adjacent to an activating group) is 1. The first kappa shape index (κ1) is 17.9. The Hall–Kier alpha value is -0.140. The zero-order chi connectivity index (χ0) is 15.0. The molecule has 0 spiro atoms. The molecule has 1 N–H and O–H groups in total. The van der Waals surface area contributed by atoms with E-state index in [4.69, 9.17) is 9.47 Å². The maximum absolute atomic E-state index is 5.80. The number of nitrogens with one attached hydrogen (secondary N) is 1. The Morgan fingerprint density at radius 1 is 1.15 bits per heavy atom. The normalized spacial score (nSPS) is 11.1. The second kappa shape index (κ2) is 9.73. The fourth-order valence-electron chi connectivity index (χ4n) is 1.59. The average Bonchev–Trinajstić information content (AvgIpc) is 2.37. The molecule has 0 aliphatic rings. The van der Waals surface area contributed by atoms with E-state index >= 15 is 0 Å². The van der Waals surface area contributed by atoms with Gasteiger partial charge in [-0.3, -0.25) is 0 Å². The SMILES string of the molecule is COCCNCc1cc(Br)c(OCCN(C)C)c(Br)c1. The maximum atomic E-state index is 5.80. The van der Waals surface area contributed by atoms with Gasteiger partial charge in [0, 0.05) is 26.7 Å². The molecule has 0 heterocycles. The lowest BCUT2D eigenvalue weighted by atomic mass is 10.2. The highest BCUT2D eigenvalue weighted by molar-refractivity contribution is 9.11. The number of hydrogen-bond acceptors (Lipinski definition) is 4. The summed E-state index contributed by atoms with van der Waals surface area (Å²) in [6.07, 6.45) is 0. The molecule has 0 fully saturated rings. The lowest BCUT2D eigenvalue weighted by Gasteiger charge is -2.15. The first-order valence-electron chi connectivity index (χ1n) is 6.49. The van der Waals surface area contributed by atoms with Gasteiger partial charge in [0.2, 0.25) is 0 Å². The number of benzene rings is 1. The Morgan fingerprint density at radius 2 is 1.80 bits per heavy atom. The summed E-state index contributed by atoms with van der Waals surface area (Å²) in [5.41, 5.74) is 1.19. The van der Waals surface area contributed by atoms with Crippen LogP contribution in [0.25, 0.3) is 0 Å². The van der Waals surface area contributed by atoms with Crippen molar-refractivity contribution in [3.05, 3.63) is 26.6 Å². The summed E-state index contributed by atoms with van der Waals surface area (Å²) in [5, 5.41) is 3.32.